The summed E-state index contributed by atoms with van der Waals surface area (Å²) in [4.78, 5) is 18.2. The van der Waals surface area contributed by atoms with Crippen LogP contribution in [-0.2, 0) is 4.79 Å². The van der Waals surface area contributed by atoms with E-state index in [1.54, 1.807) is 11.1 Å². The van der Waals surface area contributed by atoms with Crippen molar-refractivity contribution >= 4 is 28.1 Å². The maximum absolute atomic E-state index is 12.3. The van der Waals surface area contributed by atoms with Crippen molar-refractivity contribution in [3.8, 4) is 0 Å². The van der Waals surface area contributed by atoms with Crippen LogP contribution in [0.5, 0.6) is 0 Å². The number of thiazole rings is 1. The van der Waals surface area contributed by atoms with Gasteiger partial charge >= 0.3 is 0 Å². The van der Waals surface area contributed by atoms with E-state index in [2.05, 4.69) is 11.9 Å². The molecule has 0 saturated heterocycles. The van der Waals surface area contributed by atoms with Gasteiger partial charge in [0.05, 0.1) is 5.69 Å². The largest absolute Gasteiger partial charge is 0.274 e. The molecule has 0 N–H and O–H groups in total. The molecule has 0 fully saturated rings. The Kier molecular flexibility index (Phi) is 4.47. The number of aromatic nitrogens is 1. The van der Waals surface area contributed by atoms with Crippen LogP contribution in [0.15, 0.2) is 41.9 Å². The number of nitrogens with zero attached hydrogens (tertiary/aromatic N) is 2. The number of para-hydroxylation sites is 1. The molecule has 18 heavy (non-hydrogen) atoms. The number of carbonyl (C=O) groups excluding carboxylic acids is 1. The first-order chi connectivity index (χ1) is 8.83. The molecule has 1 aromatic carbocycles. The molecule has 2 rings (SSSR count). The zero-order chi connectivity index (χ0) is 12.8. The standard InChI is InChI=1S/C14H16N2OS/c1-2-3-9-13(17)16(14-15-10-11-18-14)12-7-5-4-6-8-12/h4-8,10-11H,2-3,9H2,1H3. The molecule has 0 bridgehead atoms. The molecule has 0 atom stereocenters. The lowest BCUT2D eigenvalue weighted by molar-refractivity contribution is -0.118. The van der Waals surface area contributed by atoms with Crippen LogP contribution in [0.3, 0.4) is 0 Å². The van der Waals surface area contributed by atoms with Crippen molar-refractivity contribution in [2.24, 2.45) is 0 Å². The summed E-state index contributed by atoms with van der Waals surface area (Å²) in [5, 5.41) is 2.63. The van der Waals surface area contributed by atoms with Crippen molar-refractivity contribution in [3.63, 3.8) is 0 Å². The molecule has 0 aliphatic rings. The van der Waals surface area contributed by atoms with Crippen molar-refractivity contribution in [2.75, 3.05) is 4.90 Å². The molecule has 94 valence electrons. The fourth-order valence-corrected chi connectivity index (χ4v) is 2.38. The molecule has 1 amide bonds. The topological polar surface area (TPSA) is 33.2 Å². The van der Waals surface area contributed by atoms with Gasteiger partial charge in [0.15, 0.2) is 5.13 Å². The zero-order valence-electron chi connectivity index (χ0n) is 10.4. The number of anilines is 2. The highest BCUT2D eigenvalue weighted by Gasteiger charge is 2.19. The molecule has 0 unspecified atom stereocenters. The van der Waals surface area contributed by atoms with E-state index in [-0.39, 0.29) is 5.91 Å². The normalized spacial score (nSPS) is 10.3. The molecular formula is C14H16N2OS. The molecule has 1 heterocycles. The summed E-state index contributed by atoms with van der Waals surface area (Å²) in [6.07, 6.45) is 4.22. The second kappa shape index (κ2) is 6.31. The molecule has 0 aliphatic carbocycles. The third kappa shape index (κ3) is 2.96. The van der Waals surface area contributed by atoms with E-state index in [9.17, 15) is 4.79 Å². The summed E-state index contributed by atoms with van der Waals surface area (Å²) in [5.74, 6) is 0.109. The summed E-state index contributed by atoms with van der Waals surface area (Å²) < 4.78 is 0. The third-order valence-corrected chi connectivity index (χ3v) is 3.38. The fraction of sp³-hybridized carbons (Fsp3) is 0.286. The van der Waals surface area contributed by atoms with Crippen molar-refractivity contribution < 1.29 is 4.79 Å². The van der Waals surface area contributed by atoms with Crippen molar-refractivity contribution in [3.05, 3.63) is 41.9 Å². The number of rotatable bonds is 5. The van der Waals surface area contributed by atoms with E-state index in [4.69, 9.17) is 0 Å². The number of hydrogen-bond donors (Lipinski definition) is 0. The first kappa shape index (κ1) is 12.8. The molecule has 0 radical (unpaired) electrons. The number of unbranched alkanes of at least 4 members (excludes halogenated alkanes) is 1. The van der Waals surface area contributed by atoms with Gasteiger partial charge in [-0.15, -0.1) is 11.3 Å². The molecule has 3 nitrogen and oxygen atoms in total. The zero-order valence-corrected chi connectivity index (χ0v) is 11.2. The Bertz CT molecular complexity index is 482. The van der Waals surface area contributed by atoms with Gasteiger partial charge in [-0.1, -0.05) is 31.5 Å². The number of carbonyl (C=O) groups is 1. The van der Waals surface area contributed by atoms with Crippen molar-refractivity contribution in [2.45, 2.75) is 26.2 Å². The summed E-state index contributed by atoms with van der Waals surface area (Å²) in [6, 6.07) is 9.68. The highest BCUT2D eigenvalue weighted by atomic mass is 32.1. The predicted octanol–water partition coefficient (Wildman–Crippen LogP) is 4.00. The Morgan fingerprint density at radius 1 is 1.33 bits per heavy atom. The van der Waals surface area contributed by atoms with Gasteiger partial charge in [0, 0.05) is 18.0 Å². The molecule has 2 aromatic rings. The Labute approximate surface area is 111 Å². The van der Waals surface area contributed by atoms with E-state index in [1.807, 2.05) is 35.7 Å². The lowest BCUT2D eigenvalue weighted by Gasteiger charge is -2.19. The molecule has 1 aromatic heterocycles. The Hall–Kier alpha value is -1.68. The minimum Gasteiger partial charge on any atom is -0.274 e. The Morgan fingerprint density at radius 2 is 2.11 bits per heavy atom. The molecule has 0 saturated carbocycles. The Balaban J connectivity index is 2.27. The van der Waals surface area contributed by atoms with Crippen molar-refractivity contribution in [1.29, 1.82) is 0 Å². The lowest BCUT2D eigenvalue weighted by Crippen LogP contribution is -2.25. The molecule has 0 aliphatic heterocycles. The van der Waals surface area contributed by atoms with Gasteiger partial charge in [-0.25, -0.2) is 4.98 Å². The highest BCUT2D eigenvalue weighted by Crippen LogP contribution is 2.28. The SMILES string of the molecule is CCCCC(=O)N(c1ccccc1)c1nccs1. The van der Waals surface area contributed by atoms with Gasteiger partial charge in [-0.2, -0.15) is 0 Å². The van der Waals surface area contributed by atoms with E-state index in [0.29, 0.717) is 6.42 Å². The lowest BCUT2D eigenvalue weighted by atomic mass is 10.2. The summed E-state index contributed by atoms with van der Waals surface area (Å²) in [5.41, 5.74) is 0.883. The molecule has 0 spiro atoms. The maximum Gasteiger partial charge on any atom is 0.233 e. The van der Waals surface area contributed by atoms with Crippen LogP contribution in [0.1, 0.15) is 26.2 Å². The number of amides is 1. The quantitative estimate of drug-likeness (QED) is 0.814. The third-order valence-electron chi connectivity index (χ3n) is 2.62. The average molecular weight is 260 g/mol. The maximum atomic E-state index is 12.3. The number of benzene rings is 1. The Morgan fingerprint density at radius 3 is 2.72 bits per heavy atom. The van der Waals surface area contributed by atoms with Gasteiger partial charge in [0.1, 0.15) is 0 Å². The second-order valence-corrected chi connectivity index (χ2v) is 4.86. The first-order valence-corrected chi connectivity index (χ1v) is 6.98. The monoisotopic (exact) mass is 260 g/mol. The summed E-state index contributed by atoms with van der Waals surface area (Å²) in [6.45, 7) is 2.09. The van der Waals surface area contributed by atoms with Gasteiger partial charge in [-0.3, -0.25) is 9.69 Å². The average Bonchev–Trinajstić information content (AvgIpc) is 2.92. The van der Waals surface area contributed by atoms with Crippen LogP contribution >= 0.6 is 11.3 Å². The first-order valence-electron chi connectivity index (χ1n) is 6.10. The van der Waals surface area contributed by atoms with Gasteiger partial charge < -0.3 is 0 Å². The predicted molar refractivity (Wildman–Crippen MR) is 75.2 cm³/mol. The second-order valence-electron chi connectivity index (χ2n) is 3.98. The molecule has 4 heteroatoms. The minimum absolute atomic E-state index is 0.109. The van der Waals surface area contributed by atoms with Crippen LogP contribution in [0.2, 0.25) is 0 Å². The summed E-state index contributed by atoms with van der Waals surface area (Å²) >= 11 is 1.48. The minimum atomic E-state index is 0.109. The summed E-state index contributed by atoms with van der Waals surface area (Å²) in [7, 11) is 0. The van der Waals surface area contributed by atoms with E-state index >= 15 is 0 Å². The van der Waals surface area contributed by atoms with Crippen LogP contribution < -0.4 is 4.90 Å². The van der Waals surface area contributed by atoms with Gasteiger partial charge in [0.2, 0.25) is 5.91 Å². The van der Waals surface area contributed by atoms with Crippen LogP contribution in [0, 0.1) is 0 Å². The van der Waals surface area contributed by atoms with E-state index < -0.39 is 0 Å². The van der Waals surface area contributed by atoms with E-state index in [1.165, 1.54) is 11.3 Å². The van der Waals surface area contributed by atoms with Crippen LogP contribution in [0.4, 0.5) is 10.8 Å². The fourth-order valence-electron chi connectivity index (χ4n) is 1.70. The van der Waals surface area contributed by atoms with Crippen LogP contribution in [0.25, 0.3) is 0 Å². The smallest absolute Gasteiger partial charge is 0.233 e. The number of hydrogen-bond acceptors (Lipinski definition) is 3. The highest BCUT2D eigenvalue weighted by molar-refractivity contribution is 7.13. The van der Waals surface area contributed by atoms with Crippen molar-refractivity contribution in [1.82, 2.24) is 4.98 Å². The molecular weight excluding hydrogens is 244 g/mol. The van der Waals surface area contributed by atoms with Crippen LogP contribution in [-0.4, -0.2) is 10.9 Å². The van der Waals surface area contributed by atoms with Gasteiger partial charge in [0.25, 0.3) is 0 Å². The van der Waals surface area contributed by atoms with Gasteiger partial charge in [-0.05, 0) is 18.6 Å². The van der Waals surface area contributed by atoms with E-state index in [0.717, 1.165) is 23.7 Å².